The quantitative estimate of drug-likeness (QED) is 0.824. The Morgan fingerprint density at radius 1 is 0.950 bits per heavy atom. The maximum atomic E-state index is 5.20. The molecule has 0 bridgehead atoms. The molecule has 0 fully saturated rings. The van der Waals surface area contributed by atoms with E-state index < -0.39 is 0 Å². The Bertz CT molecular complexity index is 493. The van der Waals surface area contributed by atoms with Gasteiger partial charge in [-0.05, 0) is 23.1 Å². The zero-order chi connectivity index (χ0) is 14.2. The number of rotatable bonds is 7. The topological polar surface area (TPSA) is 21.3 Å². The van der Waals surface area contributed by atoms with E-state index in [-0.39, 0.29) is 0 Å². The largest absolute Gasteiger partial charge is 0.383 e. The average molecular weight is 269 g/mol. The molecule has 2 nitrogen and oxygen atoms in total. The van der Waals surface area contributed by atoms with E-state index in [1.165, 1.54) is 16.7 Å². The van der Waals surface area contributed by atoms with Gasteiger partial charge in [0, 0.05) is 19.7 Å². The van der Waals surface area contributed by atoms with Crippen LogP contribution in [-0.2, 0) is 11.3 Å². The van der Waals surface area contributed by atoms with Crippen molar-refractivity contribution in [2.75, 3.05) is 13.7 Å². The first-order chi connectivity index (χ1) is 9.83. The van der Waals surface area contributed by atoms with E-state index in [1.54, 1.807) is 7.11 Å². The van der Waals surface area contributed by atoms with Crippen molar-refractivity contribution < 1.29 is 4.74 Å². The summed E-state index contributed by atoms with van der Waals surface area (Å²) in [4.78, 5) is 0. The maximum Gasteiger partial charge on any atom is 0.0615 e. The van der Waals surface area contributed by atoms with Crippen LogP contribution in [0.3, 0.4) is 0 Å². The Labute approximate surface area is 121 Å². The summed E-state index contributed by atoms with van der Waals surface area (Å²) in [6.07, 6.45) is 1.08. The van der Waals surface area contributed by atoms with Crippen molar-refractivity contribution in [3.63, 3.8) is 0 Å². The van der Waals surface area contributed by atoms with E-state index in [9.17, 15) is 0 Å². The van der Waals surface area contributed by atoms with Crippen LogP contribution in [0.2, 0.25) is 0 Å². The zero-order valence-electron chi connectivity index (χ0n) is 12.3. The zero-order valence-corrected chi connectivity index (χ0v) is 12.3. The molecule has 2 heteroatoms. The highest BCUT2D eigenvalue weighted by Crippen LogP contribution is 2.19. The van der Waals surface area contributed by atoms with Crippen molar-refractivity contribution in [3.05, 3.63) is 60.2 Å². The summed E-state index contributed by atoms with van der Waals surface area (Å²) in [6, 6.07) is 19.6. The van der Waals surface area contributed by atoms with Gasteiger partial charge in [-0.3, -0.25) is 0 Å². The molecule has 0 spiro atoms. The first kappa shape index (κ1) is 14.8. The second-order valence-corrected chi connectivity index (χ2v) is 5.00. The van der Waals surface area contributed by atoms with E-state index in [2.05, 4.69) is 60.8 Å². The Hall–Kier alpha value is -1.64. The fourth-order valence-corrected chi connectivity index (χ4v) is 2.23. The highest BCUT2D eigenvalue weighted by Gasteiger charge is 2.04. The summed E-state index contributed by atoms with van der Waals surface area (Å²) < 4.78 is 5.20. The Kier molecular flexibility index (Phi) is 5.78. The maximum absolute atomic E-state index is 5.20. The molecule has 1 atom stereocenters. The van der Waals surface area contributed by atoms with Crippen molar-refractivity contribution in [1.29, 1.82) is 0 Å². The van der Waals surface area contributed by atoms with Crippen LogP contribution in [0.15, 0.2) is 54.6 Å². The van der Waals surface area contributed by atoms with Crippen LogP contribution in [0.4, 0.5) is 0 Å². The van der Waals surface area contributed by atoms with Crippen LogP contribution >= 0.6 is 0 Å². The second-order valence-electron chi connectivity index (χ2n) is 5.00. The predicted molar refractivity (Wildman–Crippen MR) is 84.7 cm³/mol. The predicted octanol–water partition coefficient (Wildman–Crippen LogP) is 3.87. The van der Waals surface area contributed by atoms with Gasteiger partial charge >= 0.3 is 0 Å². The molecule has 0 radical (unpaired) electrons. The van der Waals surface area contributed by atoms with Gasteiger partial charge in [0.05, 0.1) is 6.61 Å². The smallest absolute Gasteiger partial charge is 0.0615 e. The van der Waals surface area contributed by atoms with Crippen LogP contribution in [0, 0.1) is 0 Å². The van der Waals surface area contributed by atoms with Gasteiger partial charge in [-0.1, -0.05) is 61.5 Å². The fraction of sp³-hybridized carbons (Fsp3) is 0.333. The van der Waals surface area contributed by atoms with Gasteiger partial charge in [0.2, 0.25) is 0 Å². The molecule has 106 valence electrons. The molecular formula is C18H23NO. The average Bonchev–Trinajstić information content (AvgIpc) is 2.53. The Balaban J connectivity index is 1.95. The molecule has 2 rings (SSSR count). The third kappa shape index (κ3) is 4.19. The first-order valence-corrected chi connectivity index (χ1v) is 7.20. The first-order valence-electron chi connectivity index (χ1n) is 7.20. The van der Waals surface area contributed by atoms with Crippen LogP contribution < -0.4 is 5.32 Å². The van der Waals surface area contributed by atoms with Gasteiger partial charge in [-0.15, -0.1) is 0 Å². The summed E-state index contributed by atoms with van der Waals surface area (Å²) in [6.45, 7) is 3.82. The highest BCUT2D eigenvalue weighted by molar-refractivity contribution is 5.63. The molecule has 1 unspecified atom stereocenters. The number of benzene rings is 2. The lowest BCUT2D eigenvalue weighted by molar-refractivity contribution is 0.164. The highest BCUT2D eigenvalue weighted by atomic mass is 16.5. The molecule has 0 aliphatic rings. The summed E-state index contributed by atoms with van der Waals surface area (Å²) in [7, 11) is 1.75. The molecular weight excluding hydrogens is 246 g/mol. The van der Waals surface area contributed by atoms with Gasteiger partial charge in [-0.2, -0.15) is 0 Å². The standard InChI is InChI=1S/C18H23NO/c1-3-18(14-20-2)19-13-15-9-11-17(12-10-15)16-7-5-4-6-8-16/h4-12,18-19H,3,13-14H2,1-2H3. The normalized spacial score (nSPS) is 12.3. The molecule has 2 aromatic rings. The fourth-order valence-electron chi connectivity index (χ4n) is 2.23. The third-order valence-corrected chi connectivity index (χ3v) is 3.52. The monoisotopic (exact) mass is 269 g/mol. The van der Waals surface area contributed by atoms with Crippen molar-refractivity contribution >= 4 is 0 Å². The van der Waals surface area contributed by atoms with E-state index in [1.807, 2.05) is 6.07 Å². The van der Waals surface area contributed by atoms with E-state index in [0.717, 1.165) is 19.6 Å². The van der Waals surface area contributed by atoms with E-state index >= 15 is 0 Å². The Morgan fingerprint density at radius 3 is 2.20 bits per heavy atom. The van der Waals surface area contributed by atoms with Gasteiger partial charge in [0.1, 0.15) is 0 Å². The van der Waals surface area contributed by atoms with Crippen molar-refractivity contribution in [2.24, 2.45) is 0 Å². The van der Waals surface area contributed by atoms with Crippen molar-refractivity contribution in [1.82, 2.24) is 5.32 Å². The summed E-state index contributed by atoms with van der Waals surface area (Å²) in [5.41, 5.74) is 3.83. The molecule has 0 saturated carbocycles. The third-order valence-electron chi connectivity index (χ3n) is 3.52. The van der Waals surface area contributed by atoms with Crippen LogP contribution in [0.5, 0.6) is 0 Å². The molecule has 0 aliphatic heterocycles. The molecule has 1 N–H and O–H groups in total. The minimum Gasteiger partial charge on any atom is -0.383 e. The summed E-state index contributed by atoms with van der Waals surface area (Å²) in [5, 5.41) is 3.52. The van der Waals surface area contributed by atoms with Crippen LogP contribution in [0.25, 0.3) is 11.1 Å². The van der Waals surface area contributed by atoms with Crippen LogP contribution in [0.1, 0.15) is 18.9 Å². The molecule has 0 amide bonds. The van der Waals surface area contributed by atoms with Gasteiger partial charge in [0.25, 0.3) is 0 Å². The summed E-state index contributed by atoms with van der Waals surface area (Å²) >= 11 is 0. The van der Waals surface area contributed by atoms with Gasteiger partial charge in [0.15, 0.2) is 0 Å². The summed E-state index contributed by atoms with van der Waals surface area (Å²) in [5.74, 6) is 0. The van der Waals surface area contributed by atoms with Gasteiger partial charge in [-0.25, -0.2) is 0 Å². The molecule has 0 aliphatic carbocycles. The second kappa shape index (κ2) is 7.83. The number of methoxy groups -OCH3 is 1. The lowest BCUT2D eigenvalue weighted by Crippen LogP contribution is -2.31. The number of nitrogens with one attached hydrogen (secondary N) is 1. The minimum absolute atomic E-state index is 0.425. The molecule has 2 aromatic carbocycles. The van der Waals surface area contributed by atoms with Gasteiger partial charge < -0.3 is 10.1 Å². The Morgan fingerprint density at radius 2 is 1.60 bits per heavy atom. The SMILES string of the molecule is CCC(COC)NCc1ccc(-c2ccccc2)cc1. The van der Waals surface area contributed by atoms with E-state index in [4.69, 9.17) is 4.74 Å². The molecule has 0 heterocycles. The number of hydrogen-bond acceptors (Lipinski definition) is 2. The molecule has 0 aromatic heterocycles. The van der Waals surface area contributed by atoms with Crippen molar-refractivity contribution in [2.45, 2.75) is 25.9 Å². The van der Waals surface area contributed by atoms with Crippen molar-refractivity contribution in [3.8, 4) is 11.1 Å². The number of ether oxygens (including phenoxy) is 1. The minimum atomic E-state index is 0.425. The lowest BCUT2D eigenvalue weighted by atomic mass is 10.0. The number of hydrogen-bond donors (Lipinski definition) is 1. The lowest BCUT2D eigenvalue weighted by Gasteiger charge is -2.16. The van der Waals surface area contributed by atoms with E-state index in [0.29, 0.717) is 6.04 Å². The molecule has 0 saturated heterocycles. The van der Waals surface area contributed by atoms with Crippen LogP contribution in [-0.4, -0.2) is 19.8 Å². The molecule has 20 heavy (non-hydrogen) atoms.